The van der Waals surface area contributed by atoms with Crippen molar-refractivity contribution in [3.63, 3.8) is 0 Å². The topological polar surface area (TPSA) is 88.1 Å². The number of benzene rings is 1. The summed E-state index contributed by atoms with van der Waals surface area (Å²) in [7, 11) is 0. The summed E-state index contributed by atoms with van der Waals surface area (Å²) in [5, 5.41) is 10.8. The first-order valence-corrected chi connectivity index (χ1v) is 6.34. The number of amides is 1. The summed E-state index contributed by atoms with van der Waals surface area (Å²) in [5.74, 6) is -0.858. The minimum atomic E-state index is -0.520. The van der Waals surface area contributed by atoms with E-state index in [-0.39, 0.29) is 31.4 Å². The summed E-state index contributed by atoms with van der Waals surface area (Å²) in [4.78, 5) is 11.4. The largest absolute Gasteiger partial charge is 0.480 e. The van der Waals surface area contributed by atoms with Crippen LogP contribution in [0.4, 0.5) is 4.39 Å². The molecule has 20 heavy (non-hydrogen) atoms. The minimum absolute atomic E-state index is 0.0558. The molecule has 3 N–H and O–H groups in total. The molecule has 1 atom stereocenters. The molecule has 0 heterocycles. The molecule has 1 aromatic rings. The van der Waals surface area contributed by atoms with Crippen LogP contribution in [0.15, 0.2) is 18.2 Å². The van der Waals surface area contributed by atoms with E-state index >= 15 is 0 Å². The second-order valence-corrected chi connectivity index (χ2v) is 4.46. The molecule has 0 saturated heterocycles. The molecule has 0 aromatic heterocycles. The fourth-order valence-corrected chi connectivity index (χ4v) is 1.67. The number of halogens is 1. The zero-order valence-electron chi connectivity index (χ0n) is 11.4. The fourth-order valence-electron chi connectivity index (χ4n) is 1.67. The third-order valence-electron chi connectivity index (χ3n) is 2.50. The molecule has 0 radical (unpaired) electrons. The Bertz CT molecular complexity index is 498. The van der Waals surface area contributed by atoms with Gasteiger partial charge in [-0.1, -0.05) is 12.1 Å². The van der Waals surface area contributed by atoms with Gasteiger partial charge in [0.25, 0.3) is 5.91 Å². The molecule has 0 fully saturated rings. The summed E-state index contributed by atoms with van der Waals surface area (Å²) in [6.07, 6.45) is 0.685. The lowest BCUT2D eigenvalue weighted by molar-refractivity contribution is -0.123. The standard InChI is InChI=1S/C14H18FN3O2/c1-10(17)8-11-4-2-5-12(15)14(11)20-9-13(19)18-7-3-6-16/h2,4-5,10H,3,7-9,17H2,1H3,(H,18,19). The highest BCUT2D eigenvalue weighted by molar-refractivity contribution is 5.77. The van der Waals surface area contributed by atoms with Crippen LogP contribution >= 0.6 is 0 Å². The van der Waals surface area contributed by atoms with E-state index in [9.17, 15) is 9.18 Å². The van der Waals surface area contributed by atoms with Crippen molar-refractivity contribution >= 4 is 5.91 Å². The van der Waals surface area contributed by atoms with Gasteiger partial charge in [-0.15, -0.1) is 0 Å². The number of rotatable bonds is 7. The summed E-state index contributed by atoms with van der Waals surface area (Å²) in [5.41, 5.74) is 6.32. The molecule has 0 bridgehead atoms. The Morgan fingerprint density at radius 1 is 1.60 bits per heavy atom. The highest BCUT2D eigenvalue weighted by atomic mass is 19.1. The molecule has 0 aliphatic carbocycles. The lowest BCUT2D eigenvalue weighted by Gasteiger charge is -2.13. The number of hydrogen-bond acceptors (Lipinski definition) is 4. The molecule has 0 aliphatic heterocycles. The Balaban J connectivity index is 2.62. The zero-order valence-corrected chi connectivity index (χ0v) is 11.4. The monoisotopic (exact) mass is 279 g/mol. The van der Waals surface area contributed by atoms with Gasteiger partial charge in [0.15, 0.2) is 18.2 Å². The molecule has 1 unspecified atom stereocenters. The molecule has 5 nitrogen and oxygen atoms in total. The Morgan fingerprint density at radius 2 is 2.35 bits per heavy atom. The van der Waals surface area contributed by atoms with Gasteiger partial charge < -0.3 is 15.8 Å². The van der Waals surface area contributed by atoms with E-state index in [4.69, 9.17) is 15.7 Å². The number of para-hydroxylation sites is 1. The van der Waals surface area contributed by atoms with Crippen molar-refractivity contribution in [1.82, 2.24) is 5.32 Å². The normalized spacial score (nSPS) is 11.5. The van der Waals surface area contributed by atoms with E-state index in [1.54, 1.807) is 12.1 Å². The number of ether oxygens (including phenoxy) is 1. The molecule has 1 aromatic carbocycles. The van der Waals surface area contributed by atoms with Crippen LogP contribution in [0.3, 0.4) is 0 Å². The van der Waals surface area contributed by atoms with Crippen molar-refractivity contribution in [3.8, 4) is 11.8 Å². The van der Waals surface area contributed by atoms with Gasteiger partial charge in [0.2, 0.25) is 0 Å². The number of carbonyl (C=O) groups excluding carboxylic acids is 1. The third kappa shape index (κ3) is 5.24. The number of hydrogen-bond donors (Lipinski definition) is 2. The predicted octanol–water partition coefficient (Wildman–Crippen LogP) is 1.12. The van der Waals surface area contributed by atoms with Gasteiger partial charge in [-0.25, -0.2) is 4.39 Å². The third-order valence-corrected chi connectivity index (χ3v) is 2.50. The molecule has 6 heteroatoms. The second-order valence-electron chi connectivity index (χ2n) is 4.46. The van der Waals surface area contributed by atoms with Crippen molar-refractivity contribution in [3.05, 3.63) is 29.6 Å². The molecule has 1 amide bonds. The highest BCUT2D eigenvalue weighted by Gasteiger charge is 2.13. The summed E-state index contributed by atoms with van der Waals surface area (Å²) in [6.45, 7) is 1.77. The zero-order chi connectivity index (χ0) is 15.0. The fraction of sp³-hybridized carbons (Fsp3) is 0.429. The van der Waals surface area contributed by atoms with E-state index in [1.165, 1.54) is 6.07 Å². The molecule has 0 aliphatic rings. The van der Waals surface area contributed by atoms with Crippen molar-refractivity contribution in [2.75, 3.05) is 13.2 Å². The maximum absolute atomic E-state index is 13.7. The van der Waals surface area contributed by atoms with Crippen LogP contribution < -0.4 is 15.8 Å². The lowest BCUT2D eigenvalue weighted by atomic mass is 10.1. The average molecular weight is 279 g/mol. The molecular formula is C14H18FN3O2. The summed E-state index contributed by atoms with van der Waals surface area (Å²) < 4.78 is 19.0. The number of carbonyl (C=O) groups is 1. The Labute approximate surface area is 117 Å². The van der Waals surface area contributed by atoms with Gasteiger partial charge in [-0.05, 0) is 25.0 Å². The van der Waals surface area contributed by atoms with Crippen molar-refractivity contribution in [2.45, 2.75) is 25.8 Å². The number of nitrogens with zero attached hydrogens (tertiary/aromatic N) is 1. The van der Waals surface area contributed by atoms with Gasteiger partial charge in [0.05, 0.1) is 12.5 Å². The van der Waals surface area contributed by atoms with Crippen LogP contribution in [0.5, 0.6) is 5.75 Å². The molecule has 108 valence electrons. The number of nitrogens with two attached hydrogens (primary N) is 1. The average Bonchev–Trinajstić information content (AvgIpc) is 2.37. The van der Waals surface area contributed by atoms with Crippen LogP contribution in [0.25, 0.3) is 0 Å². The molecule has 1 rings (SSSR count). The number of nitrogens with one attached hydrogen (secondary N) is 1. The van der Waals surface area contributed by atoms with E-state index in [2.05, 4.69) is 5.32 Å². The SMILES string of the molecule is CC(N)Cc1cccc(F)c1OCC(=O)NCCC#N. The molecule has 0 spiro atoms. The van der Waals surface area contributed by atoms with Crippen molar-refractivity contribution in [2.24, 2.45) is 5.73 Å². The van der Waals surface area contributed by atoms with E-state index in [1.807, 2.05) is 13.0 Å². The second kappa shape index (κ2) is 8.12. The van der Waals surface area contributed by atoms with Crippen LogP contribution in [-0.4, -0.2) is 25.1 Å². The first kappa shape index (κ1) is 15.9. The highest BCUT2D eigenvalue weighted by Crippen LogP contribution is 2.23. The quantitative estimate of drug-likeness (QED) is 0.732. The Hall–Kier alpha value is -2.13. The van der Waals surface area contributed by atoms with Crippen LogP contribution in [0, 0.1) is 17.1 Å². The maximum atomic E-state index is 13.7. The lowest BCUT2D eigenvalue weighted by Crippen LogP contribution is -2.30. The Morgan fingerprint density at radius 3 is 3.00 bits per heavy atom. The van der Waals surface area contributed by atoms with E-state index < -0.39 is 11.7 Å². The minimum Gasteiger partial charge on any atom is -0.480 e. The van der Waals surface area contributed by atoms with Crippen molar-refractivity contribution < 1.29 is 13.9 Å². The van der Waals surface area contributed by atoms with Gasteiger partial charge in [-0.2, -0.15) is 5.26 Å². The first-order valence-electron chi connectivity index (χ1n) is 6.34. The summed E-state index contributed by atoms with van der Waals surface area (Å²) in [6, 6.07) is 6.34. The van der Waals surface area contributed by atoms with Gasteiger partial charge in [-0.3, -0.25) is 4.79 Å². The smallest absolute Gasteiger partial charge is 0.257 e. The van der Waals surface area contributed by atoms with Crippen LogP contribution in [0.2, 0.25) is 0 Å². The van der Waals surface area contributed by atoms with E-state index in [0.29, 0.717) is 12.0 Å². The van der Waals surface area contributed by atoms with Gasteiger partial charge in [0, 0.05) is 12.6 Å². The van der Waals surface area contributed by atoms with Crippen molar-refractivity contribution in [1.29, 1.82) is 5.26 Å². The molecular weight excluding hydrogens is 261 g/mol. The van der Waals surface area contributed by atoms with Crippen LogP contribution in [-0.2, 0) is 11.2 Å². The van der Waals surface area contributed by atoms with Gasteiger partial charge in [0.1, 0.15) is 0 Å². The Kier molecular flexibility index (Phi) is 6.47. The predicted molar refractivity (Wildman–Crippen MR) is 72.5 cm³/mol. The molecule has 0 saturated carbocycles. The first-order chi connectivity index (χ1) is 9.54. The maximum Gasteiger partial charge on any atom is 0.257 e. The van der Waals surface area contributed by atoms with E-state index in [0.717, 1.165) is 0 Å². The summed E-state index contributed by atoms with van der Waals surface area (Å²) >= 11 is 0. The van der Waals surface area contributed by atoms with Crippen LogP contribution in [0.1, 0.15) is 18.9 Å². The number of nitriles is 1. The van der Waals surface area contributed by atoms with Gasteiger partial charge >= 0.3 is 0 Å².